The van der Waals surface area contributed by atoms with Crippen molar-refractivity contribution in [1.82, 2.24) is 10.6 Å². The molecule has 0 bridgehead atoms. The molecular formula is C15H25ClN2O. The quantitative estimate of drug-likeness (QED) is 0.873. The largest absolute Gasteiger partial charge is 0.349 e. The lowest BCUT2D eigenvalue weighted by Crippen LogP contribution is -2.35. The maximum absolute atomic E-state index is 11.9. The molecule has 0 aliphatic carbocycles. The SMILES string of the molecule is CNCC(C)C(=O)NC(C)c1cc(C)cc(C)c1.Cl. The number of amides is 1. The van der Waals surface area contributed by atoms with Gasteiger partial charge in [-0.15, -0.1) is 12.4 Å². The lowest BCUT2D eigenvalue weighted by molar-refractivity contribution is -0.125. The molecule has 1 aromatic rings. The lowest BCUT2D eigenvalue weighted by Gasteiger charge is -2.18. The van der Waals surface area contributed by atoms with Gasteiger partial charge in [-0.05, 0) is 33.4 Å². The monoisotopic (exact) mass is 284 g/mol. The molecule has 0 spiro atoms. The fourth-order valence-corrected chi connectivity index (χ4v) is 2.10. The van der Waals surface area contributed by atoms with Crippen molar-refractivity contribution in [3.05, 3.63) is 34.9 Å². The van der Waals surface area contributed by atoms with Gasteiger partial charge in [-0.2, -0.15) is 0 Å². The summed E-state index contributed by atoms with van der Waals surface area (Å²) in [5, 5.41) is 6.08. The Balaban J connectivity index is 0.00000324. The molecular weight excluding hydrogens is 260 g/mol. The van der Waals surface area contributed by atoms with Gasteiger partial charge in [0.25, 0.3) is 0 Å². The zero-order valence-electron chi connectivity index (χ0n) is 12.4. The van der Waals surface area contributed by atoms with E-state index in [2.05, 4.69) is 42.7 Å². The Kier molecular flexibility index (Phi) is 7.72. The van der Waals surface area contributed by atoms with Gasteiger partial charge in [0.05, 0.1) is 6.04 Å². The van der Waals surface area contributed by atoms with E-state index >= 15 is 0 Å². The van der Waals surface area contributed by atoms with Crippen molar-refractivity contribution in [3.63, 3.8) is 0 Å². The van der Waals surface area contributed by atoms with E-state index in [9.17, 15) is 4.79 Å². The molecule has 3 nitrogen and oxygen atoms in total. The van der Waals surface area contributed by atoms with Gasteiger partial charge in [0.15, 0.2) is 0 Å². The molecule has 0 radical (unpaired) electrons. The van der Waals surface area contributed by atoms with Crippen LogP contribution < -0.4 is 10.6 Å². The molecule has 0 aliphatic rings. The molecule has 2 N–H and O–H groups in total. The number of hydrogen-bond acceptors (Lipinski definition) is 2. The minimum absolute atomic E-state index is 0. The first-order chi connectivity index (χ1) is 8.43. The maximum atomic E-state index is 11.9. The Morgan fingerprint density at radius 2 is 1.68 bits per heavy atom. The second kappa shape index (κ2) is 8.18. The number of halogens is 1. The van der Waals surface area contributed by atoms with Gasteiger partial charge in [0.2, 0.25) is 5.91 Å². The van der Waals surface area contributed by atoms with Crippen LogP contribution in [0.5, 0.6) is 0 Å². The van der Waals surface area contributed by atoms with E-state index in [4.69, 9.17) is 0 Å². The Labute approximate surface area is 122 Å². The first kappa shape index (κ1) is 17.9. The van der Waals surface area contributed by atoms with E-state index in [0.717, 1.165) is 5.56 Å². The van der Waals surface area contributed by atoms with Gasteiger partial charge in [0, 0.05) is 12.5 Å². The predicted octanol–water partition coefficient (Wildman–Crippen LogP) is 2.76. The van der Waals surface area contributed by atoms with Gasteiger partial charge in [-0.3, -0.25) is 4.79 Å². The van der Waals surface area contributed by atoms with Crippen molar-refractivity contribution < 1.29 is 4.79 Å². The zero-order valence-corrected chi connectivity index (χ0v) is 13.2. The number of benzene rings is 1. The minimum Gasteiger partial charge on any atom is -0.349 e. The summed E-state index contributed by atoms with van der Waals surface area (Å²) >= 11 is 0. The zero-order chi connectivity index (χ0) is 13.7. The fourth-order valence-electron chi connectivity index (χ4n) is 2.10. The van der Waals surface area contributed by atoms with Crippen molar-refractivity contribution in [2.45, 2.75) is 33.7 Å². The van der Waals surface area contributed by atoms with Crippen LogP contribution in [0.1, 0.15) is 36.6 Å². The van der Waals surface area contributed by atoms with Crippen molar-refractivity contribution in [2.24, 2.45) is 5.92 Å². The molecule has 0 fully saturated rings. The van der Waals surface area contributed by atoms with Gasteiger partial charge >= 0.3 is 0 Å². The molecule has 1 aromatic carbocycles. The minimum atomic E-state index is -0.0108. The highest BCUT2D eigenvalue weighted by molar-refractivity contribution is 5.85. The number of hydrogen-bond donors (Lipinski definition) is 2. The second-order valence-corrected chi connectivity index (χ2v) is 5.11. The topological polar surface area (TPSA) is 41.1 Å². The van der Waals surface area contributed by atoms with E-state index in [1.165, 1.54) is 11.1 Å². The van der Waals surface area contributed by atoms with E-state index in [1.54, 1.807) is 0 Å². The Bertz CT molecular complexity index is 400. The van der Waals surface area contributed by atoms with Crippen LogP contribution in [0.3, 0.4) is 0 Å². The summed E-state index contributed by atoms with van der Waals surface area (Å²) in [5.41, 5.74) is 3.63. The summed E-state index contributed by atoms with van der Waals surface area (Å²) in [6.07, 6.45) is 0. The van der Waals surface area contributed by atoms with Crippen molar-refractivity contribution in [1.29, 1.82) is 0 Å². The summed E-state index contributed by atoms with van der Waals surface area (Å²) < 4.78 is 0. The van der Waals surface area contributed by atoms with Gasteiger partial charge in [0.1, 0.15) is 0 Å². The Hall–Kier alpha value is -1.06. The normalized spacial score (nSPS) is 13.3. The van der Waals surface area contributed by atoms with Crippen LogP contribution in [0.25, 0.3) is 0 Å². The highest BCUT2D eigenvalue weighted by Crippen LogP contribution is 2.17. The molecule has 4 heteroatoms. The first-order valence-corrected chi connectivity index (χ1v) is 6.47. The molecule has 2 atom stereocenters. The smallest absolute Gasteiger partial charge is 0.224 e. The lowest BCUT2D eigenvalue weighted by atomic mass is 10.0. The van der Waals surface area contributed by atoms with E-state index in [-0.39, 0.29) is 30.3 Å². The number of rotatable bonds is 5. The summed E-state index contributed by atoms with van der Waals surface area (Å²) in [5.74, 6) is 0.0827. The van der Waals surface area contributed by atoms with E-state index in [1.807, 2.05) is 20.9 Å². The van der Waals surface area contributed by atoms with Crippen LogP contribution in [0.15, 0.2) is 18.2 Å². The maximum Gasteiger partial charge on any atom is 0.224 e. The molecule has 0 aliphatic heterocycles. The third-order valence-electron chi connectivity index (χ3n) is 3.06. The first-order valence-electron chi connectivity index (χ1n) is 6.47. The average Bonchev–Trinajstić information content (AvgIpc) is 2.27. The molecule has 0 aromatic heterocycles. The fraction of sp³-hybridized carbons (Fsp3) is 0.533. The number of carbonyl (C=O) groups is 1. The van der Waals surface area contributed by atoms with E-state index in [0.29, 0.717) is 6.54 Å². The van der Waals surface area contributed by atoms with Crippen LogP contribution in [0, 0.1) is 19.8 Å². The molecule has 1 amide bonds. The van der Waals surface area contributed by atoms with Crippen molar-refractivity contribution >= 4 is 18.3 Å². The molecule has 1 rings (SSSR count). The third kappa shape index (κ3) is 5.62. The molecule has 0 saturated heterocycles. The van der Waals surface area contributed by atoms with Crippen molar-refractivity contribution in [2.75, 3.05) is 13.6 Å². The molecule has 0 saturated carbocycles. The van der Waals surface area contributed by atoms with Gasteiger partial charge in [-0.1, -0.05) is 36.2 Å². The standard InChI is InChI=1S/C15H24N2O.ClH/c1-10-6-11(2)8-14(7-10)13(4)17-15(18)12(3)9-16-5;/h6-8,12-13,16H,9H2,1-5H3,(H,17,18);1H. The van der Waals surface area contributed by atoms with Crippen LogP contribution in [0.4, 0.5) is 0 Å². The summed E-state index contributed by atoms with van der Waals surface area (Å²) in [6, 6.07) is 6.44. The predicted molar refractivity (Wildman–Crippen MR) is 82.8 cm³/mol. The summed E-state index contributed by atoms with van der Waals surface area (Å²) in [7, 11) is 1.86. The van der Waals surface area contributed by atoms with Gasteiger partial charge in [-0.25, -0.2) is 0 Å². The Morgan fingerprint density at radius 1 is 1.16 bits per heavy atom. The van der Waals surface area contributed by atoms with Crippen LogP contribution in [-0.2, 0) is 4.79 Å². The van der Waals surface area contributed by atoms with E-state index < -0.39 is 0 Å². The Morgan fingerprint density at radius 3 is 2.16 bits per heavy atom. The highest BCUT2D eigenvalue weighted by Gasteiger charge is 2.15. The molecule has 2 unspecified atom stereocenters. The average molecular weight is 285 g/mol. The van der Waals surface area contributed by atoms with Crippen LogP contribution in [0.2, 0.25) is 0 Å². The third-order valence-corrected chi connectivity index (χ3v) is 3.06. The van der Waals surface area contributed by atoms with Crippen molar-refractivity contribution in [3.8, 4) is 0 Å². The molecule has 0 heterocycles. The van der Waals surface area contributed by atoms with Crippen LogP contribution in [-0.4, -0.2) is 19.5 Å². The second-order valence-electron chi connectivity index (χ2n) is 5.11. The highest BCUT2D eigenvalue weighted by atomic mass is 35.5. The number of carbonyl (C=O) groups excluding carboxylic acids is 1. The van der Waals surface area contributed by atoms with Gasteiger partial charge < -0.3 is 10.6 Å². The van der Waals surface area contributed by atoms with Crippen LogP contribution >= 0.6 is 12.4 Å². The summed E-state index contributed by atoms with van der Waals surface area (Å²) in [6.45, 7) is 8.81. The molecule has 19 heavy (non-hydrogen) atoms. The number of aryl methyl sites for hydroxylation is 2. The summed E-state index contributed by atoms with van der Waals surface area (Å²) in [4.78, 5) is 11.9. The molecule has 108 valence electrons. The number of nitrogens with one attached hydrogen (secondary N) is 2.